The van der Waals surface area contributed by atoms with E-state index in [1.54, 1.807) is 14.2 Å². The van der Waals surface area contributed by atoms with Gasteiger partial charge in [-0.25, -0.2) is 0 Å². The van der Waals surface area contributed by atoms with E-state index in [4.69, 9.17) is 14.5 Å². The summed E-state index contributed by atoms with van der Waals surface area (Å²) in [6.07, 6.45) is 0. The predicted octanol–water partition coefficient (Wildman–Crippen LogP) is 11.1. The molecule has 0 saturated heterocycles. The molecular formula is C41H45N13O5S4. The minimum atomic E-state index is -4.24. The molecule has 0 spiro atoms. The van der Waals surface area contributed by atoms with E-state index >= 15 is 0 Å². The van der Waals surface area contributed by atoms with Crippen molar-refractivity contribution < 1.29 is 22.4 Å². The summed E-state index contributed by atoms with van der Waals surface area (Å²) in [6.45, 7) is 11.4. The van der Waals surface area contributed by atoms with Gasteiger partial charge in [0.1, 0.15) is 22.9 Å². The summed E-state index contributed by atoms with van der Waals surface area (Å²) >= 11 is 3.50. The minimum Gasteiger partial charge on any atom is -0.497 e. The summed E-state index contributed by atoms with van der Waals surface area (Å²) in [4.78, 5) is 18.5. The molecule has 0 aliphatic carbocycles. The maximum absolute atomic E-state index is 11.7. The lowest BCUT2D eigenvalue weighted by atomic mass is 10.2. The van der Waals surface area contributed by atoms with E-state index in [0.29, 0.717) is 44.3 Å². The molecule has 3 N–H and O–H groups in total. The Kier molecular flexibility index (Phi) is 14.6. The first-order valence-electron chi connectivity index (χ1n) is 19.9. The van der Waals surface area contributed by atoms with Gasteiger partial charge in [0.05, 0.1) is 42.4 Å². The monoisotopic (exact) mass is 927 g/mol. The van der Waals surface area contributed by atoms with Crippen LogP contribution in [0.1, 0.15) is 27.7 Å². The fourth-order valence-corrected chi connectivity index (χ4v) is 9.44. The SMILES string of the molecule is CCN(CC)c1ccc(N=Nc2snc3ccc(OC)cc23)c(Nc2nc(Nc3cc(N(CC)CC)ccc3N=Nc3snc4ccc(OC)cc34)nc(SCCS(=O)(=O)O)n2)c1. The van der Waals surface area contributed by atoms with E-state index in [1.165, 1.54) is 23.1 Å². The highest BCUT2D eigenvalue weighted by atomic mass is 32.2. The summed E-state index contributed by atoms with van der Waals surface area (Å²) < 4.78 is 52.8. The molecular weight excluding hydrogens is 883 g/mol. The Labute approximate surface area is 377 Å². The smallest absolute Gasteiger partial charge is 0.265 e. The minimum absolute atomic E-state index is 0.0171. The first kappa shape index (κ1) is 45.0. The first-order chi connectivity index (χ1) is 30.5. The molecule has 7 rings (SSSR count). The summed E-state index contributed by atoms with van der Waals surface area (Å²) in [5.74, 6) is 1.11. The van der Waals surface area contributed by atoms with Gasteiger partial charge in [0.2, 0.25) is 11.9 Å². The van der Waals surface area contributed by atoms with Crippen LogP contribution in [-0.2, 0) is 10.1 Å². The first-order valence-corrected chi connectivity index (χ1v) is 24.0. The van der Waals surface area contributed by atoms with Crippen molar-refractivity contribution in [3.05, 3.63) is 72.8 Å². The van der Waals surface area contributed by atoms with Crippen molar-refractivity contribution in [3.8, 4) is 11.5 Å². The zero-order valence-corrected chi connectivity index (χ0v) is 38.6. The number of hydrogen-bond donors (Lipinski definition) is 3. The molecule has 7 aromatic rings. The van der Waals surface area contributed by atoms with Crippen LogP contribution in [0.3, 0.4) is 0 Å². The second kappa shape index (κ2) is 20.4. The molecule has 0 amide bonds. The molecule has 63 heavy (non-hydrogen) atoms. The molecule has 328 valence electrons. The Balaban J connectivity index is 1.29. The van der Waals surface area contributed by atoms with Crippen LogP contribution in [0, 0.1) is 0 Å². The normalized spacial score (nSPS) is 11.9. The number of fused-ring (bicyclic) bond motifs is 2. The van der Waals surface area contributed by atoms with Crippen LogP contribution in [0.25, 0.3) is 21.8 Å². The van der Waals surface area contributed by atoms with Gasteiger partial charge in [0, 0.05) is 54.1 Å². The standard InChI is InChI=1S/C41H45N13O5S4/c1-7-53(8-2)25-11-15-33(47-49-37-29-23-27(58-5)13-17-31(29)51-61-37)35(21-25)42-39-44-40(46-41(45-39)60-19-20-63(55,56)57)43-36-22-26(54(9-3)10-4)12-16-34(36)48-50-38-30-24-28(59-6)14-18-32(30)52-62-38/h11-18,21-24H,7-10,19-20H2,1-6H3,(H,55,56,57)(H2,42,43,44,45,46). The molecule has 18 nitrogen and oxygen atoms in total. The molecule has 0 saturated carbocycles. The van der Waals surface area contributed by atoms with Gasteiger partial charge in [-0.3, -0.25) is 4.55 Å². The summed E-state index contributed by atoms with van der Waals surface area (Å²) in [5.41, 5.74) is 5.50. The maximum atomic E-state index is 11.7. The molecule has 3 aromatic heterocycles. The molecule has 0 aliphatic rings. The van der Waals surface area contributed by atoms with Crippen LogP contribution in [0.5, 0.6) is 11.5 Å². The van der Waals surface area contributed by atoms with Crippen molar-refractivity contribution in [2.45, 2.75) is 32.9 Å². The van der Waals surface area contributed by atoms with Crippen molar-refractivity contribution in [3.63, 3.8) is 0 Å². The van der Waals surface area contributed by atoms with E-state index in [2.05, 4.69) is 87.3 Å². The topological polar surface area (TPSA) is 217 Å². The van der Waals surface area contributed by atoms with Gasteiger partial charge in [-0.2, -0.15) is 32.1 Å². The average Bonchev–Trinajstić information content (AvgIpc) is 3.89. The number of rotatable bonds is 20. The van der Waals surface area contributed by atoms with Crippen molar-refractivity contribution in [2.24, 2.45) is 20.5 Å². The lowest BCUT2D eigenvalue weighted by Gasteiger charge is -2.22. The number of anilines is 6. The van der Waals surface area contributed by atoms with E-state index in [-0.39, 0.29) is 22.8 Å². The van der Waals surface area contributed by atoms with Gasteiger partial charge in [-0.15, -0.1) is 20.5 Å². The number of methoxy groups -OCH3 is 2. The molecule has 3 heterocycles. The number of benzene rings is 4. The molecule has 0 aliphatic heterocycles. The molecule has 0 unspecified atom stereocenters. The molecule has 0 radical (unpaired) electrons. The number of azo groups is 2. The van der Waals surface area contributed by atoms with Crippen molar-refractivity contribution in [2.75, 3.05) is 72.3 Å². The molecule has 22 heteroatoms. The van der Waals surface area contributed by atoms with Crippen molar-refractivity contribution in [1.82, 2.24) is 23.7 Å². The third-order valence-corrected chi connectivity index (χ3v) is 13.1. The summed E-state index contributed by atoms with van der Waals surface area (Å²) in [5, 5.41) is 28.3. The van der Waals surface area contributed by atoms with Crippen LogP contribution in [0.2, 0.25) is 0 Å². The lowest BCUT2D eigenvalue weighted by molar-refractivity contribution is 0.415. The van der Waals surface area contributed by atoms with Crippen molar-refractivity contribution in [1.29, 1.82) is 0 Å². The van der Waals surface area contributed by atoms with Crippen LogP contribution < -0.4 is 29.9 Å². The van der Waals surface area contributed by atoms with Gasteiger partial charge < -0.3 is 29.9 Å². The van der Waals surface area contributed by atoms with Crippen LogP contribution in [-0.4, -0.2) is 88.6 Å². The maximum Gasteiger partial charge on any atom is 0.265 e. The van der Waals surface area contributed by atoms with Gasteiger partial charge in [-0.05, 0) is 124 Å². The molecule has 0 bridgehead atoms. The Morgan fingerprint density at radius 2 is 1.11 bits per heavy atom. The molecule has 0 atom stereocenters. The van der Waals surface area contributed by atoms with Gasteiger partial charge in [-0.1, -0.05) is 11.8 Å². The molecule has 0 fully saturated rings. The number of thioether (sulfide) groups is 1. The number of aromatic nitrogens is 5. The fraction of sp³-hybridized carbons (Fsp3) is 0.293. The number of hydrogen-bond acceptors (Lipinski definition) is 20. The summed E-state index contributed by atoms with van der Waals surface area (Å²) in [6, 6.07) is 22.8. The lowest BCUT2D eigenvalue weighted by Crippen LogP contribution is -2.21. The zero-order valence-electron chi connectivity index (χ0n) is 35.3. The summed E-state index contributed by atoms with van der Waals surface area (Å²) in [7, 11) is -1.03. The highest BCUT2D eigenvalue weighted by Gasteiger charge is 2.17. The van der Waals surface area contributed by atoms with E-state index in [9.17, 15) is 13.0 Å². The van der Waals surface area contributed by atoms with Crippen molar-refractivity contribution >= 4 is 123 Å². The largest absolute Gasteiger partial charge is 0.497 e. The third-order valence-electron chi connectivity index (χ3n) is 9.72. The van der Waals surface area contributed by atoms with Crippen LogP contribution in [0.15, 0.2) is 98.4 Å². The predicted molar refractivity (Wildman–Crippen MR) is 254 cm³/mol. The Hall–Kier alpha value is -6.07. The third kappa shape index (κ3) is 11.1. The van der Waals surface area contributed by atoms with Crippen LogP contribution >= 0.6 is 34.8 Å². The quantitative estimate of drug-likeness (QED) is 0.0368. The average molecular weight is 928 g/mol. The molecule has 4 aromatic carbocycles. The van der Waals surface area contributed by atoms with E-state index in [1.807, 2.05) is 72.8 Å². The van der Waals surface area contributed by atoms with E-state index in [0.717, 1.165) is 71.1 Å². The zero-order chi connectivity index (χ0) is 44.5. The number of ether oxygens (including phenoxy) is 2. The Bertz CT molecular complexity index is 2710. The Morgan fingerprint density at radius 1 is 0.651 bits per heavy atom. The second-order valence-corrected chi connectivity index (χ2v) is 17.7. The van der Waals surface area contributed by atoms with E-state index < -0.39 is 15.9 Å². The highest BCUT2D eigenvalue weighted by Crippen LogP contribution is 2.40. The number of nitrogens with one attached hydrogen (secondary N) is 2. The number of nitrogens with zero attached hydrogens (tertiary/aromatic N) is 11. The fourth-order valence-electron chi connectivity index (χ4n) is 6.42. The highest BCUT2D eigenvalue weighted by molar-refractivity contribution is 8.00. The Morgan fingerprint density at radius 3 is 1.52 bits per heavy atom. The van der Waals surface area contributed by atoms with Gasteiger partial charge >= 0.3 is 0 Å². The van der Waals surface area contributed by atoms with Gasteiger partial charge in [0.25, 0.3) is 10.1 Å². The second-order valence-electron chi connectivity index (χ2n) is 13.5. The van der Waals surface area contributed by atoms with Gasteiger partial charge in [0.15, 0.2) is 15.2 Å². The van der Waals surface area contributed by atoms with Crippen LogP contribution in [0.4, 0.5) is 56.0 Å².